The number of aryl methyl sites for hydroxylation is 1. The maximum atomic E-state index is 12.7. The van der Waals surface area contributed by atoms with E-state index in [-0.39, 0.29) is 24.0 Å². The molecule has 0 saturated heterocycles. The van der Waals surface area contributed by atoms with Crippen LogP contribution in [-0.4, -0.2) is 22.4 Å². The van der Waals surface area contributed by atoms with Crippen molar-refractivity contribution in [3.8, 4) is 5.75 Å². The Morgan fingerprint density at radius 1 is 1.17 bits per heavy atom. The standard InChI is InChI=1S/C20H20N2O2/c1-13-8-16(4-5-19(13)23)18(11-21)20(24)10-14-2-3-17-12-22-7-6-15(17)9-14/h2-9,12,18,23H,10-11,21H2,1H3. The Kier molecular flexibility index (Phi) is 4.58. The van der Waals surface area contributed by atoms with Gasteiger partial charge in [-0.25, -0.2) is 0 Å². The average Bonchev–Trinajstić information content (AvgIpc) is 2.58. The molecule has 0 saturated carbocycles. The predicted molar refractivity (Wildman–Crippen MR) is 95.1 cm³/mol. The summed E-state index contributed by atoms with van der Waals surface area (Å²) in [4.78, 5) is 16.8. The van der Waals surface area contributed by atoms with E-state index < -0.39 is 0 Å². The number of aromatic hydroxyl groups is 1. The average molecular weight is 320 g/mol. The number of phenols is 1. The third-order valence-corrected chi connectivity index (χ3v) is 4.33. The van der Waals surface area contributed by atoms with Crippen molar-refractivity contribution in [1.29, 1.82) is 0 Å². The molecule has 2 aromatic carbocycles. The Bertz CT molecular complexity index is 890. The van der Waals surface area contributed by atoms with Crippen LogP contribution in [0.3, 0.4) is 0 Å². The van der Waals surface area contributed by atoms with Crippen LogP contribution in [0.5, 0.6) is 5.75 Å². The summed E-state index contributed by atoms with van der Waals surface area (Å²) in [6.45, 7) is 2.06. The number of carbonyl (C=O) groups is 1. The molecule has 1 atom stereocenters. The summed E-state index contributed by atoms with van der Waals surface area (Å²) in [7, 11) is 0. The lowest BCUT2D eigenvalue weighted by Crippen LogP contribution is -2.23. The van der Waals surface area contributed by atoms with Gasteiger partial charge in [0.05, 0.1) is 5.92 Å². The highest BCUT2D eigenvalue weighted by molar-refractivity contribution is 5.89. The van der Waals surface area contributed by atoms with E-state index in [1.165, 1.54) is 0 Å². The first kappa shape index (κ1) is 16.1. The van der Waals surface area contributed by atoms with Gasteiger partial charge < -0.3 is 10.8 Å². The largest absolute Gasteiger partial charge is 0.508 e. The van der Waals surface area contributed by atoms with Crippen molar-refractivity contribution in [3.05, 3.63) is 71.5 Å². The van der Waals surface area contributed by atoms with Crippen LogP contribution in [0, 0.1) is 6.92 Å². The maximum Gasteiger partial charge on any atom is 0.145 e. The van der Waals surface area contributed by atoms with Gasteiger partial charge in [-0.3, -0.25) is 9.78 Å². The molecular formula is C20H20N2O2. The van der Waals surface area contributed by atoms with Crippen LogP contribution in [-0.2, 0) is 11.2 Å². The Morgan fingerprint density at radius 3 is 2.75 bits per heavy atom. The number of rotatable bonds is 5. The summed E-state index contributed by atoms with van der Waals surface area (Å²) in [5.41, 5.74) is 8.41. The van der Waals surface area contributed by atoms with Gasteiger partial charge in [0.2, 0.25) is 0 Å². The van der Waals surface area contributed by atoms with Crippen LogP contribution in [0.4, 0.5) is 0 Å². The van der Waals surface area contributed by atoms with E-state index >= 15 is 0 Å². The molecule has 1 heterocycles. The number of fused-ring (bicyclic) bond motifs is 1. The molecule has 4 heteroatoms. The van der Waals surface area contributed by atoms with E-state index in [0.717, 1.165) is 27.5 Å². The molecule has 0 radical (unpaired) electrons. The number of phenolic OH excluding ortho intramolecular Hbond substituents is 1. The molecule has 0 fully saturated rings. The first-order valence-electron chi connectivity index (χ1n) is 7.93. The van der Waals surface area contributed by atoms with Crippen molar-refractivity contribution in [3.63, 3.8) is 0 Å². The molecule has 0 bridgehead atoms. The zero-order chi connectivity index (χ0) is 17.1. The van der Waals surface area contributed by atoms with Crippen LogP contribution >= 0.6 is 0 Å². The van der Waals surface area contributed by atoms with Gasteiger partial charge in [0.25, 0.3) is 0 Å². The van der Waals surface area contributed by atoms with Crippen molar-refractivity contribution >= 4 is 16.6 Å². The number of hydrogen-bond donors (Lipinski definition) is 2. The number of pyridine rings is 1. The molecule has 0 aliphatic heterocycles. The molecule has 1 unspecified atom stereocenters. The number of benzene rings is 2. The fraction of sp³-hybridized carbons (Fsp3) is 0.200. The second-order valence-corrected chi connectivity index (χ2v) is 6.03. The van der Waals surface area contributed by atoms with E-state index in [0.29, 0.717) is 6.42 Å². The zero-order valence-electron chi connectivity index (χ0n) is 13.6. The number of nitrogens with two attached hydrogens (primary N) is 1. The number of aromatic nitrogens is 1. The predicted octanol–water partition coefficient (Wildman–Crippen LogP) is 3.10. The SMILES string of the molecule is Cc1cc(C(CN)C(=O)Cc2ccc3cnccc3c2)ccc1O. The minimum Gasteiger partial charge on any atom is -0.508 e. The lowest BCUT2D eigenvalue weighted by Gasteiger charge is -2.15. The summed E-state index contributed by atoms with van der Waals surface area (Å²) in [5, 5.41) is 11.8. The van der Waals surface area contributed by atoms with Crippen molar-refractivity contribution in [2.24, 2.45) is 5.73 Å². The normalized spacial score (nSPS) is 12.2. The Labute approximate surface area is 141 Å². The van der Waals surface area contributed by atoms with Gasteiger partial charge in [-0.15, -0.1) is 0 Å². The molecule has 0 spiro atoms. The number of Topliss-reactive ketones (excluding diaryl/α,β-unsaturated/α-hetero) is 1. The third kappa shape index (κ3) is 3.29. The van der Waals surface area contributed by atoms with Gasteiger partial charge in [0.1, 0.15) is 11.5 Å². The van der Waals surface area contributed by atoms with E-state index in [4.69, 9.17) is 5.73 Å². The monoisotopic (exact) mass is 320 g/mol. The second kappa shape index (κ2) is 6.81. The maximum absolute atomic E-state index is 12.7. The van der Waals surface area contributed by atoms with Crippen molar-refractivity contribution in [1.82, 2.24) is 4.98 Å². The molecule has 0 aliphatic carbocycles. The Hall–Kier alpha value is -2.72. The first-order valence-corrected chi connectivity index (χ1v) is 7.93. The van der Waals surface area contributed by atoms with Gasteiger partial charge in [-0.2, -0.15) is 0 Å². The fourth-order valence-electron chi connectivity index (χ4n) is 2.92. The number of ketones is 1. The smallest absolute Gasteiger partial charge is 0.145 e. The molecule has 3 rings (SSSR count). The van der Waals surface area contributed by atoms with Crippen LogP contribution in [0.1, 0.15) is 22.6 Å². The fourth-order valence-corrected chi connectivity index (χ4v) is 2.92. The topological polar surface area (TPSA) is 76.2 Å². The molecule has 0 amide bonds. The molecule has 1 aromatic heterocycles. The van der Waals surface area contributed by atoms with Gasteiger partial charge in [0, 0.05) is 30.7 Å². The molecular weight excluding hydrogens is 300 g/mol. The minimum absolute atomic E-state index is 0.0796. The molecule has 3 N–H and O–H groups in total. The lowest BCUT2D eigenvalue weighted by atomic mass is 9.90. The molecule has 3 aromatic rings. The number of hydrogen-bond acceptors (Lipinski definition) is 4. The van der Waals surface area contributed by atoms with Gasteiger partial charge in [0.15, 0.2) is 0 Å². The van der Waals surface area contributed by atoms with E-state index in [1.54, 1.807) is 18.3 Å². The molecule has 0 aliphatic rings. The van der Waals surface area contributed by atoms with Crippen molar-refractivity contribution < 1.29 is 9.90 Å². The minimum atomic E-state index is -0.363. The highest BCUT2D eigenvalue weighted by Crippen LogP contribution is 2.24. The summed E-state index contributed by atoms with van der Waals surface area (Å²) in [6, 6.07) is 13.1. The lowest BCUT2D eigenvalue weighted by molar-refractivity contribution is -0.119. The Morgan fingerprint density at radius 2 is 2.00 bits per heavy atom. The summed E-state index contributed by atoms with van der Waals surface area (Å²) < 4.78 is 0. The summed E-state index contributed by atoms with van der Waals surface area (Å²) >= 11 is 0. The second-order valence-electron chi connectivity index (χ2n) is 6.03. The van der Waals surface area contributed by atoms with Gasteiger partial charge in [-0.05, 0) is 41.1 Å². The van der Waals surface area contributed by atoms with Gasteiger partial charge >= 0.3 is 0 Å². The zero-order valence-corrected chi connectivity index (χ0v) is 13.6. The number of nitrogens with zero attached hydrogens (tertiary/aromatic N) is 1. The number of carbonyl (C=O) groups excluding carboxylic acids is 1. The molecule has 24 heavy (non-hydrogen) atoms. The molecule has 4 nitrogen and oxygen atoms in total. The highest BCUT2D eigenvalue weighted by atomic mass is 16.3. The first-order chi connectivity index (χ1) is 11.6. The van der Waals surface area contributed by atoms with E-state index in [2.05, 4.69) is 4.98 Å². The third-order valence-electron chi connectivity index (χ3n) is 4.33. The van der Waals surface area contributed by atoms with Crippen LogP contribution in [0.25, 0.3) is 10.8 Å². The van der Waals surface area contributed by atoms with Crippen LogP contribution in [0.2, 0.25) is 0 Å². The summed E-state index contributed by atoms with van der Waals surface area (Å²) in [6.07, 6.45) is 3.89. The molecule has 122 valence electrons. The van der Waals surface area contributed by atoms with Gasteiger partial charge in [-0.1, -0.05) is 30.3 Å². The Balaban J connectivity index is 1.84. The summed E-state index contributed by atoms with van der Waals surface area (Å²) in [5.74, 6) is -0.0569. The van der Waals surface area contributed by atoms with Crippen LogP contribution in [0.15, 0.2) is 54.9 Å². The highest BCUT2D eigenvalue weighted by Gasteiger charge is 2.20. The van der Waals surface area contributed by atoms with Crippen molar-refractivity contribution in [2.75, 3.05) is 6.54 Å². The quantitative estimate of drug-likeness (QED) is 0.757. The van der Waals surface area contributed by atoms with E-state index in [1.807, 2.05) is 43.5 Å². The van der Waals surface area contributed by atoms with Crippen LogP contribution < -0.4 is 5.73 Å². The van der Waals surface area contributed by atoms with Crippen molar-refractivity contribution in [2.45, 2.75) is 19.3 Å². The van der Waals surface area contributed by atoms with E-state index in [9.17, 15) is 9.90 Å².